The summed E-state index contributed by atoms with van der Waals surface area (Å²) >= 11 is 3.28. The van der Waals surface area contributed by atoms with Gasteiger partial charge in [0.15, 0.2) is 0 Å². The van der Waals surface area contributed by atoms with Crippen molar-refractivity contribution in [3.05, 3.63) is 47.1 Å². The Morgan fingerprint density at radius 2 is 2.29 bits per heavy atom. The number of rotatable bonds is 3. The van der Waals surface area contributed by atoms with Crippen LogP contribution in [0.25, 0.3) is 0 Å². The summed E-state index contributed by atoms with van der Waals surface area (Å²) in [4.78, 5) is 4.11. The zero-order valence-electron chi connectivity index (χ0n) is 7.40. The first-order chi connectivity index (χ1) is 6.84. The average Bonchev–Trinajstić information content (AvgIpc) is 2.70. The summed E-state index contributed by atoms with van der Waals surface area (Å²) in [7, 11) is 0. The molecular weight excluding hydrogens is 244 g/mol. The van der Waals surface area contributed by atoms with Crippen molar-refractivity contribution in [3.63, 3.8) is 0 Å². The normalized spacial score (nSPS) is 10.1. The number of halogens is 1. The smallest absolute Gasteiger partial charge is 0.106 e. The number of nitrogens with zero attached hydrogens (tertiary/aromatic N) is 1. The minimum Gasteiger partial charge on any atom is -0.472 e. The summed E-state index contributed by atoms with van der Waals surface area (Å²) in [6.07, 6.45) is 5.17. The van der Waals surface area contributed by atoms with Crippen LogP contribution >= 0.6 is 15.9 Å². The number of hydrogen-bond acceptors (Lipinski definition) is 3. The van der Waals surface area contributed by atoms with Crippen LogP contribution in [-0.4, -0.2) is 4.98 Å². The van der Waals surface area contributed by atoms with Crippen LogP contribution in [0.15, 0.2) is 45.9 Å². The highest BCUT2D eigenvalue weighted by Crippen LogP contribution is 2.11. The molecule has 72 valence electrons. The van der Waals surface area contributed by atoms with Gasteiger partial charge in [0.25, 0.3) is 0 Å². The van der Waals surface area contributed by atoms with Crippen LogP contribution in [0, 0.1) is 0 Å². The van der Waals surface area contributed by atoms with Crippen LogP contribution in [0.3, 0.4) is 0 Å². The van der Waals surface area contributed by atoms with Gasteiger partial charge in [-0.05, 0) is 34.1 Å². The largest absolute Gasteiger partial charge is 0.472 e. The SMILES string of the molecule is Brc1ccc(NCc2ccoc2)cn1. The van der Waals surface area contributed by atoms with Gasteiger partial charge >= 0.3 is 0 Å². The molecule has 0 atom stereocenters. The van der Waals surface area contributed by atoms with Gasteiger partial charge in [0.1, 0.15) is 4.60 Å². The molecule has 0 aliphatic heterocycles. The van der Waals surface area contributed by atoms with Crippen molar-refractivity contribution in [1.29, 1.82) is 0 Å². The van der Waals surface area contributed by atoms with Crippen molar-refractivity contribution >= 4 is 21.6 Å². The Bertz CT molecular complexity index is 383. The minimum absolute atomic E-state index is 0.750. The number of pyridine rings is 1. The highest BCUT2D eigenvalue weighted by Gasteiger charge is 1.95. The van der Waals surface area contributed by atoms with Crippen LogP contribution in [-0.2, 0) is 6.54 Å². The molecule has 0 aliphatic carbocycles. The predicted octanol–water partition coefficient (Wildman–Crippen LogP) is 3.05. The fourth-order valence-electron chi connectivity index (χ4n) is 1.08. The van der Waals surface area contributed by atoms with Gasteiger partial charge in [-0.25, -0.2) is 4.98 Å². The molecule has 3 nitrogen and oxygen atoms in total. The molecule has 0 radical (unpaired) electrons. The van der Waals surface area contributed by atoms with E-state index in [1.54, 1.807) is 18.7 Å². The monoisotopic (exact) mass is 252 g/mol. The van der Waals surface area contributed by atoms with Crippen molar-refractivity contribution in [2.45, 2.75) is 6.54 Å². The van der Waals surface area contributed by atoms with Gasteiger partial charge in [0, 0.05) is 12.1 Å². The number of hydrogen-bond donors (Lipinski definition) is 1. The summed E-state index contributed by atoms with van der Waals surface area (Å²) in [5, 5.41) is 3.23. The highest BCUT2D eigenvalue weighted by atomic mass is 79.9. The van der Waals surface area contributed by atoms with Crippen LogP contribution in [0.2, 0.25) is 0 Å². The first kappa shape index (κ1) is 9.27. The Hall–Kier alpha value is -1.29. The van der Waals surface area contributed by atoms with Gasteiger partial charge in [-0.3, -0.25) is 0 Å². The van der Waals surface area contributed by atoms with Crippen molar-refractivity contribution in [1.82, 2.24) is 4.98 Å². The third-order valence-electron chi connectivity index (χ3n) is 1.80. The van der Waals surface area contributed by atoms with E-state index >= 15 is 0 Å². The Kier molecular flexibility index (Phi) is 2.84. The number of aromatic nitrogens is 1. The van der Waals surface area contributed by atoms with Crippen LogP contribution in [0.1, 0.15) is 5.56 Å². The van der Waals surface area contributed by atoms with Crippen molar-refractivity contribution in [3.8, 4) is 0 Å². The molecule has 0 amide bonds. The minimum atomic E-state index is 0.750. The first-order valence-electron chi connectivity index (χ1n) is 4.21. The van der Waals surface area contributed by atoms with E-state index in [4.69, 9.17) is 4.42 Å². The third-order valence-corrected chi connectivity index (χ3v) is 2.27. The lowest BCUT2D eigenvalue weighted by molar-refractivity contribution is 0.564. The molecule has 0 bridgehead atoms. The Labute approximate surface area is 90.3 Å². The van der Waals surface area contributed by atoms with Gasteiger partial charge in [0.05, 0.1) is 24.4 Å². The van der Waals surface area contributed by atoms with Crippen LogP contribution in [0.5, 0.6) is 0 Å². The van der Waals surface area contributed by atoms with E-state index in [9.17, 15) is 0 Å². The Balaban J connectivity index is 1.95. The van der Waals surface area contributed by atoms with Gasteiger partial charge < -0.3 is 9.73 Å². The Morgan fingerprint density at radius 3 is 2.93 bits per heavy atom. The standard InChI is InChI=1S/C10H9BrN2O/c11-10-2-1-9(6-13-10)12-5-8-3-4-14-7-8/h1-4,6-7,12H,5H2. The van der Waals surface area contributed by atoms with E-state index in [1.807, 2.05) is 18.2 Å². The summed E-state index contributed by atoms with van der Waals surface area (Å²) in [5.41, 5.74) is 2.11. The molecule has 2 heterocycles. The zero-order chi connectivity index (χ0) is 9.80. The quantitative estimate of drug-likeness (QED) is 0.854. The second-order valence-corrected chi connectivity index (χ2v) is 3.67. The zero-order valence-corrected chi connectivity index (χ0v) is 8.99. The molecule has 0 unspecified atom stereocenters. The Morgan fingerprint density at radius 1 is 1.36 bits per heavy atom. The van der Waals surface area contributed by atoms with Gasteiger partial charge in [-0.1, -0.05) is 0 Å². The summed E-state index contributed by atoms with van der Waals surface area (Å²) < 4.78 is 5.80. The molecular formula is C10H9BrN2O. The number of anilines is 1. The molecule has 0 fully saturated rings. The van der Waals surface area contributed by atoms with Crippen molar-refractivity contribution in [2.75, 3.05) is 5.32 Å². The van der Waals surface area contributed by atoms with E-state index in [0.29, 0.717) is 0 Å². The van der Waals surface area contributed by atoms with E-state index in [0.717, 1.165) is 22.4 Å². The predicted molar refractivity (Wildman–Crippen MR) is 58.0 cm³/mol. The summed E-state index contributed by atoms with van der Waals surface area (Å²) in [6, 6.07) is 5.80. The molecule has 2 rings (SSSR count). The second-order valence-electron chi connectivity index (χ2n) is 2.85. The van der Waals surface area contributed by atoms with Gasteiger partial charge in [0.2, 0.25) is 0 Å². The first-order valence-corrected chi connectivity index (χ1v) is 5.00. The third kappa shape index (κ3) is 2.35. The van der Waals surface area contributed by atoms with Crippen molar-refractivity contribution < 1.29 is 4.42 Å². The molecule has 14 heavy (non-hydrogen) atoms. The molecule has 2 aromatic rings. The number of nitrogens with one attached hydrogen (secondary N) is 1. The van der Waals surface area contributed by atoms with Gasteiger partial charge in [-0.15, -0.1) is 0 Å². The summed E-state index contributed by atoms with van der Waals surface area (Å²) in [5.74, 6) is 0. The number of furan rings is 1. The fraction of sp³-hybridized carbons (Fsp3) is 0.100. The average molecular weight is 253 g/mol. The lowest BCUT2D eigenvalue weighted by Gasteiger charge is -2.03. The maximum absolute atomic E-state index is 4.96. The van der Waals surface area contributed by atoms with Gasteiger partial charge in [-0.2, -0.15) is 0 Å². The molecule has 0 saturated carbocycles. The molecule has 0 spiro atoms. The van der Waals surface area contributed by atoms with E-state index in [-0.39, 0.29) is 0 Å². The van der Waals surface area contributed by atoms with Crippen LogP contribution in [0.4, 0.5) is 5.69 Å². The maximum atomic E-state index is 4.96. The molecule has 0 saturated heterocycles. The molecule has 0 aliphatic rings. The maximum Gasteiger partial charge on any atom is 0.106 e. The molecule has 1 N–H and O–H groups in total. The van der Waals surface area contributed by atoms with Crippen LogP contribution < -0.4 is 5.32 Å². The topological polar surface area (TPSA) is 38.1 Å². The lowest BCUT2D eigenvalue weighted by atomic mass is 10.3. The second kappa shape index (κ2) is 4.28. The molecule has 4 heteroatoms. The van der Waals surface area contributed by atoms with E-state index in [2.05, 4.69) is 26.2 Å². The summed E-state index contributed by atoms with van der Waals surface area (Å²) in [6.45, 7) is 0.750. The molecule has 2 aromatic heterocycles. The lowest BCUT2D eigenvalue weighted by Crippen LogP contribution is -1.98. The highest BCUT2D eigenvalue weighted by molar-refractivity contribution is 9.10. The van der Waals surface area contributed by atoms with E-state index in [1.165, 1.54) is 0 Å². The molecule has 0 aromatic carbocycles. The van der Waals surface area contributed by atoms with E-state index < -0.39 is 0 Å². The fourth-order valence-corrected chi connectivity index (χ4v) is 1.31. The van der Waals surface area contributed by atoms with Crippen molar-refractivity contribution in [2.24, 2.45) is 0 Å².